The lowest BCUT2D eigenvalue weighted by molar-refractivity contribution is 0.104. The Bertz CT molecular complexity index is 792. The first-order chi connectivity index (χ1) is 10.4. The Morgan fingerprint density at radius 3 is 2.18 bits per heavy atom. The molecule has 2 rings (SSSR count). The number of carbonyl (C=O) groups is 1. The smallest absolute Gasteiger partial charge is 0.238 e. The average Bonchev–Trinajstić information content (AvgIpc) is 2.47. The maximum Gasteiger partial charge on any atom is 0.238 e. The van der Waals surface area contributed by atoms with Gasteiger partial charge >= 0.3 is 0 Å². The first kappa shape index (κ1) is 15.9. The van der Waals surface area contributed by atoms with Gasteiger partial charge in [0, 0.05) is 23.5 Å². The molecule has 0 aliphatic heterocycles. The van der Waals surface area contributed by atoms with Crippen LogP contribution in [0.2, 0.25) is 0 Å². The third-order valence-electron chi connectivity index (χ3n) is 3.00. The highest BCUT2D eigenvalue weighted by Crippen LogP contribution is 2.12. The quantitative estimate of drug-likeness (QED) is 0.655. The lowest BCUT2D eigenvalue weighted by atomic mass is 10.1. The largest absolute Gasteiger partial charge is 0.362 e. The fourth-order valence-corrected chi connectivity index (χ4v) is 2.28. The number of sulfonamides is 1. The van der Waals surface area contributed by atoms with Crippen LogP contribution in [0.1, 0.15) is 15.9 Å². The lowest BCUT2D eigenvalue weighted by Crippen LogP contribution is -2.11. The van der Waals surface area contributed by atoms with Crippen LogP contribution in [0.25, 0.3) is 0 Å². The standard InChI is InChI=1S/C16H16N2O3S/c1-12-2-4-13(5-3-12)16(19)10-11-18-14-6-8-15(9-7-14)22(17,20)21/h2-11,18H,1H3,(H2,17,20,21). The molecule has 0 heterocycles. The molecule has 0 bridgehead atoms. The van der Waals surface area contributed by atoms with E-state index in [-0.39, 0.29) is 10.7 Å². The molecule has 114 valence electrons. The van der Waals surface area contributed by atoms with Crippen LogP contribution >= 0.6 is 0 Å². The summed E-state index contributed by atoms with van der Waals surface area (Å²) in [6, 6.07) is 13.2. The van der Waals surface area contributed by atoms with Crippen molar-refractivity contribution in [2.24, 2.45) is 5.14 Å². The van der Waals surface area contributed by atoms with Gasteiger partial charge in [0.1, 0.15) is 0 Å². The molecule has 2 aromatic carbocycles. The molecule has 2 aromatic rings. The van der Waals surface area contributed by atoms with Crippen LogP contribution in [0.3, 0.4) is 0 Å². The number of hydrogen-bond acceptors (Lipinski definition) is 4. The van der Waals surface area contributed by atoms with E-state index in [1.165, 1.54) is 24.4 Å². The topological polar surface area (TPSA) is 89.3 Å². The summed E-state index contributed by atoms with van der Waals surface area (Å²) >= 11 is 0. The molecule has 0 aromatic heterocycles. The summed E-state index contributed by atoms with van der Waals surface area (Å²) in [7, 11) is -3.69. The molecule has 0 saturated carbocycles. The summed E-state index contributed by atoms with van der Waals surface area (Å²) in [6.07, 6.45) is 2.92. The molecule has 0 fully saturated rings. The highest BCUT2D eigenvalue weighted by molar-refractivity contribution is 7.89. The van der Waals surface area contributed by atoms with Gasteiger partial charge in [0.05, 0.1) is 4.90 Å². The zero-order valence-corrected chi connectivity index (χ0v) is 12.8. The minimum absolute atomic E-state index is 0.0396. The molecule has 0 radical (unpaired) electrons. The highest BCUT2D eigenvalue weighted by atomic mass is 32.2. The second-order valence-electron chi connectivity index (χ2n) is 4.78. The molecule has 3 N–H and O–H groups in total. The zero-order valence-electron chi connectivity index (χ0n) is 12.0. The van der Waals surface area contributed by atoms with Gasteiger partial charge in [-0.2, -0.15) is 0 Å². The van der Waals surface area contributed by atoms with Crippen molar-refractivity contribution >= 4 is 21.5 Å². The molecule has 0 atom stereocenters. The van der Waals surface area contributed by atoms with Gasteiger partial charge < -0.3 is 5.32 Å². The van der Waals surface area contributed by atoms with E-state index in [1.807, 2.05) is 19.1 Å². The second-order valence-corrected chi connectivity index (χ2v) is 6.34. The van der Waals surface area contributed by atoms with Crippen LogP contribution in [0.4, 0.5) is 5.69 Å². The normalized spacial score (nSPS) is 11.5. The van der Waals surface area contributed by atoms with Gasteiger partial charge in [-0.15, -0.1) is 0 Å². The zero-order chi connectivity index (χ0) is 16.2. The maximum atomic E-state index is 11.9. The van der Waals surface area contributed by atoms with Crippen molar-refractivity contribution in [1.29, 1.82) is 0 Å². The van der Waals surface area contributed by atoms with Crippen molar-refractivity contribution in [2.75, 3.05) is 5.32 Å². The first-order valence-corrected chi connectivity index (χ1v) is 8.08. The highest BCUT2D eigenvalue weighted by Gasteiger charge is 2.06. The van der Waals surface area contributed by atoms with E-state index in [0.29, 0.717) is 11.3 Å². The van der Waals surface area contributed by atoms with Crippen molar-refractivity contribution in [1.82, 2.24) is 0 Å². The van der Waals surface area contributed by atoms with Crippen LogP contribution in [0.5, 0.6) is 0 Å². The van der Waals surface area contributed by atoms with E-state index in [2.05, 4.69) is 5.32 Å². The van der Waals surface area contributed by atoms with Crippen molar-refractivity contribution < 1.29 is 13.2 Å². The van der Waals surface area contributed by atoms with E-state index in [0.717, 1.165) is 5.56 Å². The van der Waals surface area contributed by atoms with Crippen LogP contribution < -0.4 is 10.5 Å². The van der Waals surface area contributed by atoms with Crippen molar-refractivity contribution in [3.8, 4) is 0 Å². The summed E-state index contributed by atoms with van der Waals surface area (Å²) in [5.41, 5.74) is 2.35. The number of nitrogens with one attached hydrogen (secondary N) is 1. The van der Waals surface area contributed by atoms with E-state index in [4.69, 9.17) is 5.14 Å². The Balaban J connectivity index is 2.00. The van der Waals surface area contributed by atoms with Crippen molar-refractivity contribution in [3.63, 3.8) is 0 Å². The third-order valence-corrected chi connectivity index (χ3v) is 3.93. The first-order valence-electron chi connectivity index (χ1n) is 6.53. The van der Waals surface area contributed by atoms with Crippen molar-refractivity contribution in [3.05, 3.63) is 71.9 Å². The molecule has 0 saturated heterocycles. The molecule has 6 heteroatoms. The van der Waals surface area contributed by atoms with Gasteiger partial charge in [-0.05, 0) is 31.2 Å². The molecule has 0 amide bonds. The maximum absolute atomic E-state index is 11.9. The summed E-state index contributed by atoms with van der Waals surface area (Å²) < 4.78 is 22.3. The molecule has 22 heavy (non-hydrogen) atoms. The van der Waals surface area contributed by atoms with Crippen LogP contribution in [-0.2, 0) is 10.0 Å². The van der Waals surface area contributed by atoms with Crippen LogP contribution in [0, 0.1) is 6.92 Å². The fraction of sp³-hybridized carbons (Fsp3) is 0.0625. The predicted molar refractivity (Wildman–Crippen MR) is 86.1 cm³/mol. The Morgan fingerprint density at radius 2 is 1.64 bits per heavy atom. The molecule has 0 aliphatic carbocycles. The molecule has 0 unspecified atom stereocenters. The molecule has 0 spiro atoms. The fourth-order valence-electron chi connectivity index (χ4n) is 1.77. The van der Waals surface area contributed by atoms with Gasteiger partial charge in [0.2, 0.25) is 10.0 Å². The van der Waals surface area contributed by atoms with Gasteiger partial charge in [0.15, 0.2) is 5.78 Å². The lowest BCUT2D eigenvalue weighted by Gasteiger charge is -2.02. The number of anilines is 1. The van der Waals surface area contributed by atoms with E-state index in [1.54, 1.807) is 24.3 Å². The number of rotatable bonds is 5. The Kier molecular flexibility index (Phi) is 4.75. The number of nitrogens with two attached hydrogens (primary N) is 1. The summed E-state index contributed by atoms with van der Waals surface area (Å²) in [5.74, 6) is -0.117. The number of carbonyl (C=O) groups excluding carboxylic acids is 1. The Hall–Kier alpha value is -2.44. The van der Waals surface area contributed by atoms with Crippen molar-refractivity contribution in [2.45, 2.75) is 11.8 Å². The monoisotopic (exact) mass is 316 g/mol. The Morgan fingerprint density at radius 1 is 1.05 bits per heavy atom. The van der Waals surface area contributed by atoms with Crippen LogP contribution in [0.15, 0.2) is 65.7 Å². The van der Waals surface area contributed by atoms with Gasteiger partial charge in [-0.1, -0.05) is 29.8 Å². The van der Waals surface area contributed by atoms with E-state index in [9.17, 15) is 13.2 Å². The van der Waals surface area contributed by atoms with Gasteiger partial charge in [0.25, 0.3) is 0 Å². The third kappa shape index (κ3) is 4.28. The number of allylic oxidation sites excluding steroid dienone is 1. The minimum atomic E-state index is -3.69. The molecule has 5 nitrogen and oxygen atoms in total. The second kappa shape index (κ2) is 6.55. The minimum Gasteiger partial charge on any atom is -0.362 e. The SMILES string of the molecule is Cc1ccc(C(=O)C=CNc2ccc(S(N)(=O)=O)cc2)cc1. The summed E-state index contributed by atoms with van der Waals surface area (Å²) in [4.78, 5) is 11.9. The molecular weight excluding hydrogens is 300 g/mol. The molecule has 0 aliphatic rings. The number of ketones is 1. The van der Waals surface area contributed by atoms with E-state index >= 15 is 0 Å². The summed E-state index contributed by atoms with van der Waals surface area (Å²) in [6.45, 7) is 1.96. The van der Waals surface area contributed by atoms with Gasteiger partial charge in [-0.25, -0.2) is 13.6 Å². The predicted octanol–water partition coefficient (Wildman–Crippen LogP) is 2.45. The van der Waals surface area contributed by atoms with Crippen LogP contribution in [-0.4, -0.2) is 14.2 Å². The van der Waals surface area contributed by atoms with E-state index < -0.39 is 10.0 Å². The number of benzene rings is 2. The van der Waals surface area contributed by atoms with Gasteiger partial charge in [-0.3, -0.25) is 4.79 Å². The molecular formula is C16H16N2O3S. The number of primary sulfonamides is 1. The number of aryl methyl sites for hydroxylation is 1. The average molecular weight is 316 g/mol. The number of hydrogen-bond donors (Lipinski definition) is 2. The Labute approximate surface area is 129 Å². The summed E-state index contributed by atoms with van der Waals surface area (Å²) in [5, 5.41) is 7.91.